The number of nitrogen functional groups attached to an aromatic ring is 1. The summed E-state index contributed by atoms with van der Waals surface area (Å²) in [6.45, 7) is 0. The SMILES string of the molecule is Nc1ncc([N+](=O)[O-])c(Oc2cc(F)ccc2Br)n1. The van der Waals surface area contributed by atoms with Crippen LogP contribution in [0.3, 0.4) is 0 Å². The number of aromatic nitrogens is 2. The molecule has 2 aromatic rings. The molecule has 0 spiro atoms. The molecule has 19 heavy (non-hydrogen) atoms. The molecule has 0 saturated heterocycles. The van der Waals surface area contributed by atoms with E-state index in [4.69, 9.17) is 10.5 Å². The highest BCUT2D eigenvalue weighted by Crippen LogP contribution is 2.33. The van der Waals surface area contributed by atoms with Gasteiger partial charge in [-0.1, -0.05) is 0 Å². The summed E-state index contributed by atoms with van der Waals surface area (Å²) >= 11 is 3.13. The Balaban J connectivity index is 2.45. The van der Waals surface area contributed by atoms with Crippen molar-refractivity contribution in [1.82, 2.24) is 9.97 Å². The average molecular weight is 329 g/mol. The molecule has 2 rings (SSSR count). The van der Waals surface area contributed by atoms with Crippen LogP contribution >= 0.6 is 15.9 Å². The van der Waals surface area contributed by atoms with E-state index in [9.17, 15) is 14.5 Å². The van der Waals surface area contributed by atoms with Crippen LogP contribution in [-0.2, 0) is 0 Å². The van der Waals surface area contributed by atoms with E-state index in [1.807, 2.05) is 0 Å². The number of rotatable bonds is 3. The molecule has 98 valence electrons. The van der Waals surface area contributed by atoms with Gasteiger partial charge in [0, 0.05) is 6.07 Å². The lowest BCUT2D eigenvalue weighted by atomic mass is 10.3. The molecule has 0 aliphatic heterocycles. The monoisotopic (exact) mass is 328 g/mol. The number of hydrogen-bond donors (Lipinski definition) is 1. The van der Waals surface area contributed by atoms with E-state index < -0.39 is 16.4 Å². The third-order valence-electron chi connectivity index (χ3n) is 2.05. The van der Waals surface area contributed by atoms with Gasteiger partial charge in [-0.3, -0.25) is 10.1 Å². The number of nitrogens with two attached hydrogens (primary N) is 1. The Morgan fingerprint density at radius 3 is 2.89 bits per heavy atom. The lowest BCUT2D eigenvalue weighted by molar-refractivity contribution is -0.386. The van der Waals surface area contributed by atoms with E-state index in [-0.39, 0.29) is 17.6 Å². The Bertz CT molecular complexity index is 653. The fourth-order valence-electron chi connectivity index (χ4n) is 1.23. The maximum absolute atomic E-state index is 13.1. The van der Waals surface area contributed by atoms with Gasteiger partial charge in [0.05, 0.1) is 9.40 Å². The minimum Gasteiger partial charge on any atom is -0.432 e. The molecule has 0 unspecified atom stereocenters. The molecule has 0 amide bonds. The van der Waals surface area contributed by atoms with Crippen molar-refractivity contribution in [3.8, 4) is 11.6 Å². The van der Waals surface area contributed by atoms with Crippen molar-refractivity contribution in [2.75, 3.05) is 5.73 Å². The molecule has 0 saturated carbocycles. The van der Waals surface area contributed by atoms with Crippen LogP contribution in [0, 0.1) is 15.9 Å². The van der Waals surface area contributed by atoms with Crippen molar-refractivity contribution in [1.29, 1.82) is 0 Å². The average Bonchev–Trinajstić information content (AvgIpc) is 2.33. The van der Waals surface area contributed by atoms with Gasteiger partial charge in [0.1, 0.15) is 17.8 Å². The smallest absolute Gasteiger partial charge is 0.349 e. The predicted octanol–water partition coefficient (Wildman–Crippen LogP) is 2.66. The van der Waals surface area contributed by atoms with Gasteiger partial charge >= 0.3 is 11.6 Å². The molecule has 0 fully saturated rings. The van der Waals surface area contributed by atoms with E-state index in [2.05, 4.69) is 25.9 Å². The van der Waals surface area contributed by atoms with Crippen LogP contribution in [0.25, 0.3) is 0 Å². The number of benzene rings is 1. The molecule has 1 aromatic heterocycles. The number of halogens is 2. The second kappa shape index (κ2) is 5.14. The Labute approximate surface area is 114 Å². The third-order valence-corrected chi connectivity index (χ3v) is 2.71. The van der Waals surface area contributed by atoms with Gasteiger partial charge in [0.25, 0.3) is 0 Å². The van der Waals surface area contributed by atoms with Gasteiger partial charge in [0.2, 0.25) is 5.95 Å². The Kier molecular flexibility index (Phi) is 3.56. The zero-order valence-corrected chi connectivity index (χ0v) is 10.8. The number of nitrogens with zero attached hydrogens (tertiary/aromatic N) is 3. The van der Waals surface area contributed by atoms with Crippen molar-refractivity contribution in [3.63, 3.8) is 0 Å². The van der Waals surface area contributed by atoms with Gasteiger partial charge < -0.3 is 10.5 Å². The van der Waals surface area contributed by atoms with Crippen LogP contribution in [0.5, 0.6) is 11.6 Å². The lowest BCUT2D eigenvalue weighted by Gasteiger charge is -2.07. The Morgan fingerprint density at radius 1 is 1.47 bits per heavy atom. The van der Waals surface area contributed by atoms with Gasteiger partial charge in [-0.15, -0.1) is 0 Å². The number of anilines is 1. The highest BCUT2D eigenvalue weighted by molar-refractivity contribution is 9.10. The number of hydrogen-bond acceptors (Lipinski definition) is 6. The predicted molar refractivity (Wildman–Crippen MR) is 67.3 cm³/mol. The summed E-state index contributed by atoms with van der Waals surface area (Å²) in [7, 11) is 0. The topological polar surface area (TPSA) is 104 Å². The molecule has 0 aliphatic rings. The summed E-state index contributed by atoms with van der Waals surface area (Å²) < 4.78 is 18.7. The van der Waals surface area contributed by atoms with Gasteiger partial charge in [-0.05, 0) is 28.1 Å². The molecular formula is C10H6BrFN4O3. The van der Waals surface area contributed by atoms with Crippen LogP contribution in [0.1, 0.15) is 0 Å². The van der Waals surface area contributed by atoms with Crippen molar-refractivity contribution in [3.05, 3.63) is 44.8 Å². The van der Waals surface area contributed by atoms with E-state index in [0.717, 1.165) is 12.3 Å². The minimum absolute atomic E-state index is 0.0428. The first-order chi connectivity index (χ1) is 8.97. The molecule has 2 N–H and O–H groups in total. The summed E-state index contributed by atoms with van der Waals surface area (Å²) in [5.41, 5.74) is 4.87. The van der Waals surface area contributed by atoms with Gasteiger partial charge in [0.15, 0.2) is 0 Å². The van der Waals surface area contributed by atoms with Crippen molar-refractivity contribution < 1.29 is 14.1 Å². The molecule has 9 heteroatoms. The molecule has 7 nitrogen and oxygen atoms in total. The molecule has 1 aromatic carbocycles. The van der Waals surface area contributed by atoms with Crippen molar-refractivity contribution in [2.45, 2.75) is 0 Å². The lowest BCUT2D eigenvalue weighted by Crippen LogP contribution is -2.01. The standard InChI is InChI=1S/C10H6BrFN4O3/c11-6-2-1-5(12)3-8(6)19-9-7(16(17)18)4-14-10(13)15-9/h1-4H,(H2,13,14,15). The first-order valence-corrected chi connectivity index (χ1v) is 5.66. The zero-order chi connectivity index (χ0) is 14.0. The van der Waals surface area contributed by atoms with Crippen LogP contribution < -0.4 is 10.5 Å². The number of nitro groups is 1. The molecule has 0 radical (unpaired) electrons. The molecule has 0 aliphatic carbocycles. The molecule has 1 heterocycles. The van der Waals surface area contributed by atoms with Crippen LogP contribution in [-0.4, -0.2) is 14.9 Å². The third kappa shape index (κ3) is 2.94. The van der Waals surface area contributed by atoms with Crippen molar-refractivity contribution in [2.24, 2.45) is 0 Å². The summed E-state index contributed by atoms with van der Waals surface area (Å²) in [6.07, 6.45) is 0.921. The second-order valence-corrected chi connectivity index (χ2v) is 4.21. The van der Waals surface area contributed by atoms with Gasteiger partial charge in [-0.2, -0.15) is 4.98 Å². The van der Waals surface area contributed by atoms with Gasteiger partial charge in [-0.25, -0.2) is 9.37 Å². The maximum Gasteiger partial charge on any atom is 0.349 e. The van der Waals surface area contributed by atoms with E-state index >= 15 is 0 Å². The molecule has 0 bridgehead atoms. The summed E-state index contributed by atoms with van der Waals surface area (Å²) in [6, 6.07) is 3.67. The van der Waals surface area contributed by atoms with E-state index in [0.29, 0.717) is 4.47 Å². The second-order valence-electron chi connectivity index (χ2n) is 3.35. The van der Waals surface area contributed by atoms with E-state index in [1.165, 1.54) is 12.1 Å². The molecular weight excluding hydrogens is 323 g/mol. The van der Waals surface area contributed by atoms with Crippen molar-refractivity contribution >= 4 is 27.6 Å². The quantitative estimate of drug-likeness (QED) is 0.686. The largest absolute Gasteiger partial charge is 0.432 e. The normalized spacial score (nSPS) is 10.2. The highest BCUT2D eigenvalue weighted by Gasteiger charge is 2.20. The summed E-state index contributed by atoms with van der Waals surface area (Å²) in [5.74, 6) is -1.05. The Hall–Kier alpha value is -2.29. The zero-order valence-electron chi connectivity index (χ0n) is 9.21. The molecule has 0 atom stereocenters. The summed E-state index contributed by atoms with van der Waals surface area (Å²) in [4.78, 5) is 17.2. The highest BCUT2D eigenvalue weighted by atomic mass is 79.9. The fraction of sp³-hybridized carbons (Fsp3) is 0. The van der Waals surface area contributed by atoms with Crippen LogP contribution in [0.2, 0.25) is 0 Å². The fourth-order valence-corrected chi connectivity index (χ4v) is 1.56. The van der Waals surface area contributed by atoms with E-state index in [1.54, 1.807) is 0 Å². The number of ether oxygens (including phenoxy) is 1. The van der Waals surface area contributed by atoms with Crippen LogP contribution in [0.15, 0.2) is 28.9 Å². The first-order valence-electron chi connectivity index (χ1n) is 4.87. The van der Waals surface area contributed by atoms with Crippen LogP contribution in [0.4, 0.5) is 16.0 Å². The first kappa shape index (κ1) is 13.1. The maximum atomic E-state index is 13.1. The minimum atomic E-state index is -0.720. The summed E-state index contributed by atoms with van der Waals surface area (Å²) in [5, 5.41) is 10.8. The Morgan fingerprint density at radius 2 is 2.21 bits per heavy atom.